The van der Waals surface area contributed by atoms with Gasteiger partial charge in [-0.15, -0.1) is 0 Å². The molecule has 1 rings (SSSR count). The molecular weight excluding hydrogens is 536 g/mol. The van der Waals surface area contributed by atoms with Gasteiger partial charge in [-0.05, 0) is 31.0 Å². The number of ether oxygens (including phenoxy) is 1. The molecule has 0 saturated heterocycles. The van der Waals surface area contributed by atoms with E-state index in [1.165, 1.54) is 128 Å². The Bertz CT molecular complexity index is 453. The fraction of sp³-hybridized carbons (Fsp3) is 0.800. The van der Waals surface area contributed by atoms with Gasteiger partial charge in [0.15, 0.2) is 0 Å². The highest BCUT2D eigenvalue weighted by molar-refractivity contribution is 9.11. The van der Waals surface area contributed by atoms with Crippen molar-refractivity contribution in [2.45, 2.75) is 142 Å². The van der Waals surface area contributed by atoms with Crippen LogP contribution in [0.25, 0.3) is 0 Å². The highest BCUT2D eigenvalue weighted by Crippen LogP contribution is 2.15. The van der Waals surface area contributed by atoms with E-state index < -0.39 is 0 Å². The lowest BCUT2D eigenvalue weighted by Crippen LogP contribution is -1.97. The molecule has 1 aromatic carbocycles. The van der Waals surface area contributed by atoms with Gasteiger partial charge in [-0.2, -0.15) is 0 Å². The molecule has 0 atom stereocenters. The van der Waals surface area contributed by atoms with E-state index in [0.29, 0.717) is 0 Å². The summed E-state index contributed by atoms with van der Waals surface area (Å²) in [6, 6.07) is 7.96. The normalized spacial score (nSPS) is 10.8. The summed E-state index contributed by atoms with van der Waals surface area (Å²) in [5.41, 5.74) is 0. The molecule has 0 aliphatic heterocycles. The Labute approximate surface area is 224 Å². The third kappa shape index (κ3) is 28.3. The number of halogens is 2. The summed E-state index contributed by atoms with van der Waals surface area (Å²) in [5, 5.41) is 0. The standard InChI is InChI=1S/C24H50O.C6H4Br2/c1-3-5-7-9-11-13-15-17-19-21-23-25-24-22-20-18-16-14-12-10-8-6-4-2;7-5-2-1-3-6(8)4-5/h3-24H2,1-2H3;1-4H. The number of rotatable bonds is 22. The van der Waals surface area contributed by atoms with Crippen molar-refractivity contribution in [3.05, 3.63) is 33.2 Å². The van der Waals surface area contributed by atoms with E-state index in [2.05, 4.69) is 45.7 Å². The van der Waals surface area contributed by atoms with Crippen molar-refractivity contribution in [2.24, 2.45) is 0 Å². The highest BCUT2D eigenvalue weighted by atomic mass is 79.9. The van der Waals surface area contributed by atoms with Crippen molar-refractivity contribution in [2.75, 3.05) is 13.2 Å². The van der Waals surface area contributed by atoms with Gasteiger partial charge in [0.1, 0.15) is 0 Å². The lowest BCUT2D eigenvalue weighted by Gasteiger charge is -2.05. The van der Waals surface area contributed by atoms with Crippen molar-refractivity contribution in [3.63, 3.8) is 0 Å². The summed E-state index contributed by atoms with van der Waals surface area (Å²) >= 11 is 6.66. The van der Waals surface area contributed by atoms with E-state index >= 15 is 0 Å². The maximum absolute atomic E-state index is 5.78. The maximum atomic E-state index is 5.78. The first kappa shape index (κ1) is 33.1. The second-order valence-corrected chi connectivity index (χ2v) is 11.2. The zero-order chi connectivity index (χ0) is 24.2. The first-order valence-corrected chi connectivity index (χ1v) is 15.8. The second kappa shape index (κ2) is 28.4. The van der Waals surface area contributed by atoms with Crippen LogP contribution in [0.1, 0.15) is 142 Å². The fourth-order valence-corrected chi connectivity index (χ4v) is 5.05. The second-order valence-electron chi connectivity index (χ2n) is 9.42. The van der Waals surface area contributed by atoms with Crippen molar-refractivity contribution < 1.29 is 4.74 Å². The van der Waals surface area contributed by atoms with E-state index in [1.807, 2.05) is 24.3 Å². The van der Waals surface area contributed by atoms with Gasteiger partial charge >= 0.3 is 0 Å². The highest BCUT2D eigenvalue weighted by Gasteiger charge is 1.95. The van der Waals surface area contributed by atoms with Crippen molar-refractivity contribution in [3.8, 4) is 0 Å². The van der Waals surface area contributed by atoms with Crippen LogP contribution in [0.15, 0.2) is 33.2 Å². The topological polar surface area (TPSA) is 9.23 Å². The number of hydrogen-bond acceptors (Lipinski definition) is 1. The molecule has 0 bridgehead atoms. The minimum atomic E-state index is 0.994. The van der Waals surface area contributed by atoms with Crippen molar-refractivity contribution in [1.82, 2.24) is 0 Å². The minimum absolute atomic E-state index is 0.994. The zero-order valence-corrected chi connectivity index (χ0v) is 25.2. The minimum Gasteiger partial charge on any atom is -0.381 e. The average molecular weight is 591 g/mol. The van der Waals surface area contributed by atoms with Gasteiger partial charge in [0, 0.05) is 22.2 Å². The van der Waals surface area contributed by atoms with Crippen LogP contribution >= 0.6 is 31.9 Å². The number of unbranched alkanes of at least 4 members (excludes halogenated alkanes) is 18. The summed E-state index contributed by atoms with van der Waals surface area (Å²) in [5.74, 6) is 0. The van der Waals surface area contributed by atoms with Crippen LogP contribution in [0.3, 0.4) is 0 Å². The largest absolute Gasteiger partial charge is 0.381 e. The predicted molar refractivity (Wildman–Crippen MR) is 156 cm³/mol. The summed E-state index contributed by atoms with van der Waals surface area (Å²) in [6.07, 6.45) is 28.2. The third-order valence-corrected chi connectivity index (χ3v) is 7.06. The molecule has 1 nitrogen and oxygen atoms in total. The molecule has 33 heavy (non-hydrogen) atoms. The van der Waals surface area contributed by atoms with Gasteiger partial charge in [0.25, 0.3) is 0 Å². The molecule has 0 radical (unpaired) electrons. The van der Waals surface area contributed by atoms with Crippen LogP contribution in [-0.4, -0.2) is 13.2 Å². The van der Waals surface area contributed by atoms with Crippen LogP contribution in [-0.2, 0) is 4.74 Å². The molecule has 3 heteroatoms. The summed E-state index contributed by atoms with van der Waals surface area (Å²) < 4.78 is 7.98. The van der Waals surface area contributed by atoms with Crippen molar-refractivity contribution >= 4 is 31.9 Å². The first-order valence-electron chi connectivity index (χ1n) is 14.2. The Morgan fingerprint density at radius 2 is 0.788 bits per heavy atom. The van der Waals surface area contributed by atoms with E-state index in [1.54, 1.807) is 0 Å². The van der Waals surface area contributed by atoms with E-state index in [0.717, 1.165) is 22.2 Å². The van der Waals surface area contributed by atoms with Crippen LogP contribution in [0.2, 0.25) is 0 Å². The molecule has 0 N–H and O–H groups in total. The molecule has 0 amide bonds. The van der Waals surface area contributed by atoms with Gasteiger partial charge in [0.2, 0.25) is 0 Å². The van der Waals surface area contributed by atoms with Gasteiger partial charge < -0.3 is 4.74 Å². The molecule has 0 aromatic heterocycles. The Hall–Kier alpha value is 0.140. The maximum Gasteiger partial charge on any atom is 0.0466 e. The molecular formula is C30H54Br2O. The van der Waals surface area contributed by atoms with E-state index in [9.17, 15) is 0 Å². The summed E-state index contributed by atoms with van der Waals surface area (Å²) in [7, 11) is 0. The van der Waals surface area contributed by atoms with Gasteiger partial charge in [0.05, 0.1) is 0 Å². The first-order chi connectivity index (χ1) is 16.2. The molecule has 0 fully saturated rings. The molecule has 0 heterocycles. The van der Waals surface area contributed by atoms with Crippen LogP contribution < -0.4 is 0 Å². The monoisotopic (exact) mass is 588 g/mol. The van der Waals surface area contributed by atoms with Crippen LogP contribution in [0, 0.1) is 0 Å². The Morgan fingerprint density at radius 3 is 1.06 bits per heavy atom. The summed E-state index contributed by atoms with van der Waals surface area (Å²) in [4.78, 5) is 0. The van der Waals surface area contributed by atoms with E-state index in [-0.39, 0.29) is 0 Å². The lowest BCUT2D eigenvalue weighted by atomic mass is 10.1. The molecule has 0 spiro atoms. The van der Waals surface area contributed by atoms with Crippen molar-refractivity contribution in [1.29, 1.82) is 0 Å². The molecule has 194 valence electrons. The average Bonchev–Trinajstić information content (AvgIpc) is 2.80. The zero-order valence-electron chi connectivity index (χ0n) is 22.0. The summed E-state index contributed by atoms with van der Waals surface area (Å²) in [6.45, 7) is 6.57. The number of hydrogen-bond donors (Lipinski definition) is 0. The van der Waals surface area contributed by atoms with Gasteiger partial charge in [-0.3, -0.25) is 0 Å². The smallest absolute Gasteiger partial charge is 0.0466 e. The Kier molecular flexibility index (Phi) is 28.5. The van der Waals surface area contributed by atoms with Crippen LogP contribution in [0.4, 0.5) is 0 Å². The molecule has 0 aliphatic rings. The third-order valence-electron chi connectivity index (χ3n) is 6.07. The van der Waals surface area contributed by atoms with E-state index in [4.69, 9.17) is 4.74 Å². The molecule has 0 saturated carbocycles. The predicted octanol–water partition coefficient (Wildman–Crippen LogP) is 12.1. The quantitative estimate of drug-likeness (QED) is 0.122. The van der Waals surface area contributed by atoms with Gasteiger partial charge in [-0.25, -0.2) is 0 Å². The fourth-order valence-electron chi connectivity index (χ4n) is 3.95. The lowest BCUT2D eigenvalue weighted by molar-refractivity contribution is 0.125. The molecule has 0 unspecified atom stereocenters. The van der Waals surface area contributed by atoms with Gasteiger partial charge in [-0.1, -0.05) is 167 Å². The number of benzene rings is 1. The molecule has 1 aromatic rings. The van der Waals surface area contributed by atoms with Crippen LogP contribution in [0.5, 0.6) is 0 Å². The Balaban J connectivity index is 0.00000106. The SMILES string of the molecule is Brc1cccc(Br)c1.CCCCCCCCCCCCOCCCCCCCCCCCC. The Morgan fingerprint density at radius 1 is 0.485 bits per heavy atom. The molecule has 0 aliphatic carbocycles.